The number of hydrogen-bond donors (Lipinski definition) is 5. The quantitative estimate of drug-likeness (QED) is 0.147. The van der Waals surface area contributed by atoms with Crippen LogP contribution in [0.5, 0.6) is 0 Å². The second-order valence-corrected chi connectivity index (χ2v) is 15.4. The summed E-state index contributed by atoms with van der Waals surface area (Å²) in [5.41, 5.74) is 5.81. The largest absolute Gasteiger partial charge is 0.465 e. The number of alkyl carbamates (subject to hydrolysis) is 1. The lowest BCUT2D eigenvalue weighted by atomic mass is 10.0. The minimum Gasteiger partial charge on any atom is -0.465 e. The van der Waals surface area contributed by atoms with Gasteiger partial charge in [-0.05, 0) is 74.3 Å². The van der Waals surface area contributed by atoms with E-state index in [4.69, 9.17) is 19.8 Å². The number of H-pyrrole nitrogens is 2. The highest BCUT2D eigenvalue weighted by molar-refractivity contribution is 5.86. The van der Waals surface area contributed by atoms with Crippen molar-refractivity contribution in [1.82, 2.24) is 40.4 Å². The number of carbonyl (C=O) groups is 4. The van der Waals surface area contributed by atoms with Crippen molar-refractivity contribution in [1.29, 1.82) is 0 Å². The third kappa shape index (κ3) is 6.73. The zero-order valence-electron chi connectivity index (χ0n) is 30.0. The third-order valence-corrected chi connectivity index (χ3v) is 11.6. The number of aromatic amines is 2. The average molecular weight is 721 g/mol. The van der Waals surface area contributed by atoms with Gasteiger partial charge in [0.05, 0.1) is 30.6 Å². The molecule has 2 saturated heterocycles. The number of hydrogen-bond acceptors (Lipinski definition) is 7. The van der Waals surface area contributed by atoms with Crippen LogP contribution in [0.3, 0.4) is 0 Å². The van der Waals surface area contributed by atoms with Crippen LogP contribution in [0.4, 0.5) is 9.59 Å². The smallest absolute Gasteiger partial charge is 0.407 e. The summed E-state index contributed by atoms with van der Waals surface area (Å²) < 4.78 is 4.69. The summed E-state index contributed by atoms with van der Waals surface area (Å²) >= 11 is 0. The highest BCUT2D eigenvalue weighted by atomic mass is 16.5. The summed E-state index contributed by atoms with van der Waals surface area (Å²) in [4.78, 5) is 69.6. The maximum absolute atomic E-state index is 13.4. The third-order valence-electron chi connectivity index (χ3n) is 11.6. The van der Waals surface area contributed by atoms with Crippen molar-refractivity contribution in [3.63, 3.8) is 0 Å². The fraction of sp³-hybridized carbons (Fsp3) is 0.436. The Morgan fingerprint density at radius 3 is 1.49 bits per heavy atom. The molecule has 2 saturated carbocycles. The van der Waals surface area contributed by atoms with Crippen molar-refractivity contribution in [3.05, 3.63) is 72.6 Å². The van der Waals surface area contributed by atoms with E-state index in [1.165, 1.54) is 7.11 Å². The molecule has 4 aliphatic rings. The molecule has 2 spiro atoms. The van der Waals surface area contributed by atoms with Gasteiger partial charge in [-0.25, -0.2) is 19.6 Å². The normalized spacial score (nSPS) is 21.7. The first kappa shape index (κ1) is 34.4. The second-order valence-electron chi connectivity index (χ2n) is 15.4. The number of ether oxygens (including phenoxy) is 1. The summed E-state index contributed by atoms with van der Waals surface area (Å²) in [5, 5.41) is 14.0. The van der Waals surface area contributed by atoms with Crippen molar-refractivity contribution >= 4 is 24.0 Å². The number of likely N-dealkylation sites (tertiary alicyclic amines) is 2. The average Bonchev–Trinajstić information content (AvgIpc) is 3.74. The molecule has 276 valence electrons. The van der Waals surface area contributed by atoms with Crippen molar-refractivity contribution in [2.75, 3.05) is 20.2 Å². The number of aromatic nitrogens is 4. The molecule has 2 aliphatic heterocycles. The van der Waals surface area contributed by atoms with Gasteiger partial charge in [0.15, 0.2) is 0 Å². The first-order chi connectivity index (χ1) is 25.4. The molecule has 5 N–H and O–H groups in total. The Kier molecular flexibility index (Phi) is 8.50. The van der Waals surface area contributed by atoms with Gasteiger partial charge < -0.3 is 40.2 Å². The molecular formula is C39H44N8O6. The summed E-state index contributed by atoms with van der Waals surface area (Å²) in [7, 11) is 1.28. The number of nitrogens with zero attached hydrogens (tertiary/aromatic N) is 4. The molecule has 4 aromatic rings. The van der Waals surface area contributed by atoms with Gasteiger partial charge in [-0.2, -0.15) is 0 Å². The van der Waals surface area contributed by atoms with Crippen molar-refractivity contribution in [2.45, 2.75) is 76.5 Å². The van der Waals surface area contributed by atoms with Gasteiger partial charge in [-0.15, -0.1) is 0 Å². The summed E-state index contributed by atoms with van der Waals surface area (Å²) in [6, 6.07) is 14.4. The van der Waals surface area contributed by atoms with Crippen LogP contribution in [-0.2, 0) is 14.3 Å². The van der Waals surface area contributed by atoms with E-state index in [1.807, 2.05) is 41.6 Å². The lowest BCUT2D eigenvalue weighted by Crippen LogP contribution is -2.47. The Morgan fingerprint density at radius 1 is 0.717 bits per heavy atom. The number of benzene rings is 2. The minimum atomic E-state index is -1.22. The topological polar surface area (TPSA) is 186 Å². The molecule has 4 heterocycles. The lowest BCUT2D eigenvalue weighted by Gasteiger charge is -2.26. The fourth-order valence-corrected chi connectivity index (χ4v) is 8.16. The molecule has 4 amide bonds. The number of methoxy groups -OCH3 is 1. The van der Waals surface area contributed by atoms with Gasteiger partial charge in [0.2, 0.25) is 11.8 Å². The summed E-state index contributed by atoms with van der Waals surface area (Å²) in [6.07, 6.45) is 7.85. The highest BCUT2D eigenvalue weighted by Gasteiger charge is 2.56. The SMILES string of the molecule is COC(=O)N[C@@H](C)C(=O)N1CC2(CC2)C[C@H]1c1nc(-c2ccc(-c3ccc(-c4c[nH]c([C@@H]5CC6(CC6)CN5C(=O)[C@H](C)NC(=O)O)n4)cc3)cc2)c[nH]1. The van der Waals surface area contributed by atoms with E-state index in [9.17, 15) is 19.2 Å². The lowest BCUT2D eigenvalue weighted by molar-refractivity contribution is -0.134. The molecule has 53 heavy (non-hydrogen) atoms. The molecule has 2 aliphatic carbocycles. The molecule has 14 heteroatoms. The Morgan fingerprint density at radius 2 is 1.11 bits per heavy atom. The molecule has 4 fully saturated rings. The van der Waals surface area contributed by atoms with Crippen LogP contribution in [0, 0.1) is 10.8 Å². The van der Waals surface area contributed by atoms with E-state index in [2.05, 4.69) is 44.9 Å². The maximum atomic E-state index is 13.4. The van der Waals surface area contributed by atoms with E-state index >= 15 is 0 Å². The van der Waals surface area contributed by atoms with Gasteiger partial charge in [0, 0.05) is 36.6 Å². The van der Waals surface area contributed by atoms with Gasteiger partial charge in [-0.3, -0.25) is 9.59 Å². The number of nitrogens with one attached hydrogen (secondary N) is 4. The Labute approximate surface area is 306 Å². The highest BCUT2D eigenvalue weighted by Crippen LogP contribution is 2.59. The first-order valence-corrected chi connectivity index (χ1v) is 18.2. The number of carbonyl (C=O) groups excluding carboxylic acids is 3. The summed E-state index contributed by atoms with van der Waals surface area (Å²) in [5.74, 6) is 1.08. The Bertz CT molecular complexity index is 2050. The summed E-state index contributed by atoms with van der Waals surface area (Å²) in [6.45, 7) is 4.53. The molecule has 0 bridgehead atoms. The molecular weight excluding hydrogens is 676 g/mol. The maximum Gasteiger partial charge on any atom is 0.407 e. The van der Waals surface area contributed by atoms with E-state index in [0.29, 0.717) is 18.9 Å². The predicted molar refractivity (Wildman–Crippen MR) is 194 cm³/mol. The number of amides is 4. The van der Waals surface area contributed by atoms with Crippen LogP contribution in [0.15, 0.2) is 60.9 Å². The molecule has 0 unspecified atom stereocenters. The molecule has 8 rings (SSSR count). The molecule has 14 nitrogen and oxygen atoms in total. The van der Waals surface area contributed by atoms with Crippen molar-refractivity contribution in [2.24, 2.45) is 10.8 Å². The monoisotopic (exact) mass is 720 g/mol. The Hall–Kier alpha value is -5.66. The van der Waals surface area contributed by atoms with Crippen LogP contribution in [0.25, 0.3) is 33.6 Å². The predicted octanol–water partition coefficient (Wildman–Crippen LogP) is 5.64. The van der Waals surface area contributed by atoms with E-state index in [1.54, 1.807) is 18.7 Å². The van der Waals surface area contributed by atoms with Gasteiger partial charge >= 0.3 is 12.2 Å². The van der Waals surface area contributed by atoms with E-state index in [-0.39, 0.29) is 34.7 Å². The van der Waals surface area contributed by atoms with E-state index in [0.717, 1.165) is 78.0 Å². The first-order valence-electron chi connectivity index (χ1n) is 18.2. The van der Waals surface area contributed by atoms with E-state index < -0.39 is 24.3 Å². The minimum absolute atomic E-state index is 0.106. The molecule has 0 radical (unpaired) electrons. The second kappa shape index (κ2) is 13.1. The molecule has 2 aromatic carbocycles. The van der Waals surface area contributed by atoms with Crippen LogP contribution in [0.2, 0.25) is 0 Å². The number of imidazole rings is 2. The zero-order valence-corrected chi connectivity index (χ0v) is 30.0. The standard InChI is InChI=1S/C39H44N8O6/c1-22(42-36(50)51)34(48)46-20-38(12-13-38)16-30(46)32-40-18-28(44-32)26-8-4-24(5-9-26)25-6-10-27(11-7-25)29-19-41-33(45-29)31-17-39(14-15-39)21-47(31)35(49)23(2)43-37(52)53-3/h4-11,18-19,22-23,30-31,42H,12-17,20-21H2,1-3H3,(H,40,44)(H,41,45)(H,43,52)(H,50,51)/t22-,23-,30-,31-/m0/s1. The van der Waals surface area contributed by atoms with Crippen molar-refractivity contribution < 1.29 is 29.0 Å². The van der Waals surface area contributed by atoms with Gasteiger partial charge in [-0.1, -0.05) is 48.5 Å². The zero-order chi connectivity index (χ0) is 37.1. The van der Waals surface area contributed by atoms with Gasteiger partial charge in [0.1, 0.15) is 23.7 Å². The number of rotatable bonds is 9. The number of carboxylic acid groups (broad SMARTS) is 1. The van der Waals surface area contributed by atoms with Crippen LogP contribution in [-0.4, -0.2) is 91.1 Å². The fourth-order valence-electron chi connectivity index (χ4n) is 8.16. The Balaban J connectivity index is 0.937. The molecule has 2 aromatic heterocycles. The molecule has 4 atom stereocenters. The van der Waals surface area contributed by atoms with Crippen molar-refractivity contribution in [3.8, 4) is 33.6 Å². The van der Waals surface area contributed by atoms with Crippen LogP contribution < -0.4 is 10.6 Å². The van der Waals surface area contributed by atoms with Gasteiger partial charge in [0.25, 0.3) is 0 Å². The van der Waals surface area contributed by atoms with Crippen LogP contribution >= 0.6 is 0 Å². The van der Waals surface area contributed by atoms with Crippen LogP contribution in [0.1, 0.15) is 76.1 Å².